The Morgan fingerprint density at radius 3 is 2.00 bits per heavy atom. The van der Waals surface area contributed by atoms with Crippen molar-refractivity contribution in [2.75, 3.05) is 0 Å². The van der Waals surface area contributed by atoms with Gasteiger partial charge in [-0.3, -0.25) is 0 Å². The van der Waals surface area contributed by atoms with Crippen molar-refractivity contribution in [3.8, 4) is 17.0 Å². The molecule has 0 saturated carbocycles. The smallest absolute Gasteiger partial charge is 0.344 e. The van der Waals surface area contributed by atoms with Crippen LogP contribution in [0.15, 0.2) is 97.1 Å². The lowest BCUT2D eigenvalue weighted by molar-refractivity contribution is 0.0736. The summed E-state index contributed by atoms with van der Waals surface area (Å²) in [5.74, 6) is 0.148. The molecule has 0 aliphatic carbocycles. The maximum absolute atomic E-state index is 13.7. The Hall–Kier alpha value is -4.24. The standard InChI is InChI=1S/C34H31NO2/c1-22-20-23(2)31-29(21-22)30(24(3)32(35-31)25-12-8-6-9-13-25)33(36)37-28-18-16-27(17-19-28)34(4,5)26-14-10-7-11-15-26/h6-21H,1-5H3. The number of hydrogen-bond acceptors (Lipinski definition) is 3. The summed E-state index contributed by atoms with van der Waals surface area (Å²) in [6.45, 7) is 10.4. The van der Waals surface area contributed by atoms with Crippen molar-refractivity contribution in [3.63, 3.8) is 0 Å². The SMILES string of the molecule is Cc1cc(C)c2nc(-c3ccccc3)c(C)c(C(=O)Oc3ccc(C(C)(C)c4ccccc4)cc3)c2c1. The molecule has 0 aliphatic heterocycles. The van der Waals surface area contributed by atoms with E-state index >= 15 is 0 Å². The van der Waals surface area contributed by atoms with Crippen LogP contribution in [-0.2, 0) is 5.41 Å². The minimum Gasteiger partial charge on any atom is -0.423 e. The van der Waals surface area contributed by atoms with Crippen molar-refractivity contribution in [1.29, 1.82) is 0 Å². The van der Waals surface area contributed by atoms with Crippen LogP contribution >= 0.6 is 0 Å². The van der Waals surface area contributed by atoms with E-state index in [4.69, 9.17) is 9.72 Å². The van der Waals surface area contributed by atoms with Crippen molar-refractivity contribution in [2.45, 2.75) is 40.0 Å². The number of esters is 1. The number of pyridine rings is 1. The summed E-state index contributed by atoms with van der Waals surface area (Å²) in [4.78, 5) is 18.7. The van der Waals surface area contributed by atoms with Crippen LogP contribution in [-0.4, -0.2) is 11.0 Å². The first-order chi connectivity index (χ1) is 17.8. The maximum atomic E-state index is 13.7. The second-order valence-electron chi connectivity index (χ2n) is 10.2. The van der Waals surface area contributed by atoms with Crippen LogP contribution < -0.4 is 4.74 Å². The first-order valence-corrected chi connectivity index (χ1v) is 12.6. The van der Waals surface area contributed by atoms with E-state index < -0.39 is 0 Å². The van der Waals surface area contributed by atoms with Gasteiger partial charge in [0.1, 0.15) is 5.75 Å². The molecule has 37 heavy (non-hydrogen) atoms. The highest BCUT2D eigenvalue weighted by Crippen LogP contribution is 2.34. The predicted molar refractivity (Wildman–Crippen MR) is 151 cm³/mol. The van der Waals surface area contributed by atoms with Gasteiger partial charge in [-0.1, -0.05) is 98.3 Å². The molecular weight excluding hydrogens is 454 g/mol. The summed E-state index contributed by atoms with van der Waals surface area (Å²) in [6, 6.07) is 32.4. The number of rotatable bonds is 5. The molecular formula is C34H31NO2. The number of hydrogen-bond donors (Lipinski definition) is 0. The molecule has 0 radical (unpaired) electrons. The van der Waals surface area contributed by atoms with Gasteiger partial charge in [0.25, 0.3) is 0 Å². The molecule has 1 heterocycles. The van der Waals surface area contributed by atoms with Crippen molar-refractivity contribution < 1.29 is 9.53 Å². The van der Waals surface area contributed by atoms with E-state index in [9.17, 15) is 4.79 Å². The molecule has 0 fully saturated rings. The molecule has 3 heteroatoms. The van der Waals surface area contributed by atoms with Gasteiger partial charge >= 0.3 is 5.97 Å². The highest BCUT2D eigenvalue weighted by Gasteiger charge is 2.24. The number of benzene rings is 4. The number of carbonyl (C=O) groups is 1. The highest BCUT2D eigenvalue weighted by atomic mass is 16.5. The fraction of sp³-hybridized carbons (Fsp3) is 0.176. The summed E-state index contributed by atoms with van der Waals surface area (Å²) < 4.78 is 5.97. The Kier molecular flexibility index (Phi) is 6.39. The van der Waals surface area contributed by atoms with Gasteiger partial charge in [-0.05, 0) is 61.2 Å². The van der Waals surface area contributed by atoms with E-state index in [1.54, 1.807) is 0 Å². The van der Waals surface area contributed by atoms with Gasteiger partial charge in [0.05, 0.1) is 16.8 Å². The topological polar surface area (TPSA) is 39.2 Å². The molecule has 5 rings (SSSR count). The molecule has 3 nitrogen and oxygen atoms in total. The van der Waals surface area contributed by atoms with Gasteiger partial charge in [-0.25, -0.2) is 9.78 Å². The van der Waals surface area contributed by atoms with Crippen LogP contribution in [0.4, 0.5) is 0 Å². The summed E-state index contributed by atoms with van der Waals surface area (Å²) in [6.07, 6.45) is 0. The fourth-order valence-corrected chi connectivity index (χ4v) is 5.07. The zero-order chi connectivity index (χ0) is 26.2. The molecule has 0 bridgehead atoms. The lowest BCUT2D eigenvalue weighted by atomic mass is 9.78. The molecule has 0 N–H and O–H groups in total. The molecule has 1 aromatic heterocycles. The van der Waals surface area contributed by atoms with Crippen LogP contribution in [0.2, 0.25) is 0 Å². The number of carbonyl (C=O) groups excluding carboxylic acids is 1. The van der Waals surface area contributed by atoms with Gasteiger partial charge in [0.2, 0.25) is 0 Å². The van der Waals surface area contributed by atoms with E-state index in [1.807, 2.05) is 87.5 Å². The quantitative estimate of drug-likeness (QED) is 0.185. The Morgan fingerprint density at radius 2 is 1.35 bits per heavy atom. The number of ether oxygens (including phenoxy) is 1. The van der Waals surface area contributed by atoms with Gasteiger partial charge in [0, 0.05) is 16.4 Å². The average Bonchev–Trinajstić information content (AvgIpc) is 2.89. The van der Waals surface area contributed by atoms with Gasteiger partial charge < -0.3 is 4.74 Å². The molecule has 0 spiro atoms. The molecule has 184 valence electrons. The van der Waals surface area contributed by atoms with E-state index in [1.165, 1.54) is 5.56 Å². The first kappa shape index (κ1) is 24.5. The largest absolute Gasteiger partial charge is 0.423 e. The monoisotopic (exact) mass is 485 g/mol. The zero-order valence-corrected chi connectivity index (χ0v) is 22.0. The lowest BCUT2D eigenvalue weighted by Crippen LogP contribution is -2.18. The number of aryl methyl sites for hydroxylation is 2. The minimum absolute atomic E-state index is 0.165. The molecule has 0 unspecified atom stereocenters. The van der Waals surface area contributed by atoms with E-state index in [0.717, 1.165) is 44.4 Å². The van der Waals surface area contributed by atoms with Crippen LogP contribution in [0.25, 0.3) is 22.2 Å². The summed E-state index contributed by atoms with van der Waals surface area (Å²) >= 11 is 0. The minimum atomic E-state index is -0.373. The third-order valence-electron chi connectivity index (χ3n) is 7.20. The zero-order valence-electron chi connectivity index (χ0n) is 22.0. The van der Waals surface area contributed by atoms with Crippen molar-refractivity contribution in [3.05, 3.63) is 130 Å². The fourth-order valence-electron chi connectivity index (χ4n) is 5.07. The summed E-state index contributed by atoms with van der Waals surface area (Å²) in [7, 11) is 0. The average molecular weight is 486 g/mol. The highest BCUT2D eigenvalue weighted by molar-refractivity contribution is 6.08. The van der Waals surface area contributed by atoms with Crippen LogP contribution in [0.5, 0.6) is 5.75 Å². The number of fused-ring (bicyclic) bond motifs is 1. The van der Waals surface area contributed by atoms with Crippen molar-refractivity contribution in [1.82, 2.24) is 4.98 Å². The Labute approximate surface area is 218 Å². The first-order valence-electron chi connectivity index (χ1n) is 12.6. The molecule has 5 aromatic rings. The summed E-state index contributed by atoms with van der Waals surface area (Å²) in [5.41, 5.74) is 8.31. The van der Waals surface area contributed by atoms with Crippen molar-refractivity contribution in [2.24, 2.45) is 0 Å². The van der Waals surface area contributed by atoms with E-state index in [2.05, 4.69) is 44.2 Å². The molecule has 4 aromatic carbocycles. The number of aromatic nitrogens is 1. The van der Waals surface area contributed by atoms with Gasteiger partial charge in [-0.2, -0.15) is 0 Å². The third-order valence-corrected chi connectivity index (χ3v) is 7.20. The van der Waals surface area contributed by atoms with Crippen molar-refractivity contribution >= 4 is 16.9 Å². The Morgan fingerprint density at radius 1 is 0.757 bits per heavy atom. The lowest BCUT2D eigenvalue weighted by Gasteiger charge is -2.26. The van der Waals surface area contributed by atoms with Crippen LogP contribution in [0, 0.1) is 20.8 Å². The Bertz CT molecular complexity index is 1590. The number of nitrogens with zero attached hydrogens (tertiary/aromatic N) is 1. The predicted octanol–water partition coefficient (Wildman–Crippen LogP) is 8.37. The van der Waals surface area contributed by atoms with Crippen LogP contribution in [0.3, 0.4) is 0 Å². The maximum Gasteiger partial charge on any atom is 0.344 e. The van der Waals surface area contributed by atoms with Crippen LogP contribution in [0.1, 0.15) is 52.0 Å². The summed E-state index contributed by atoms with van der Waals surface area (Å²) in [5, 5.41) is 0.821. The second kappa shape index (κ2) is 9.67. The van der Waals surface area contributed by atoms with E-state index in [0.29, 0.717) is 11.3 Å². The van der Waals surface area contributed by atoms with Gasteiger partial charge in [0.15, 0.2) is 0 Å². The molecule has 0 atom stereocenters. The van der Waals surface area contributed by atoms with E-state index in [-0.39, 0.29) is 11.4 Å². The molecule has 0 aliphatic rings. The Balaban J connectivity index is 1.54. The molecule has 0 amide bonds. The van der Waals surface area contributed by atoms with Gasteiger partial charge in [-0.15, -0.1) is 0 Å². The third kappa shape index (κ3) is 4.65. The normalized spacial score (nSPS) is 11.5. The molecule has 0 saturated heterocycles. The second-order valence-corrected chi connectivity index (χ2v) is 10.2.